The van der Waals surface area contributed by atoms with Crippen LogP contribution in [0.2, 0.25) is 0 Å². The molecule has 0 spiro atoms. The predicted octanol–water partition coefficient (Wildman–Crippen LogP) is 3.18. The third-order valence-electron chi connectivity index (χ3n) is 4.67. The summed E-state index contributed by atoms with van der Waals surface area (Å²) in [6.45, 7) is 2.91. The van der Waals surface area contributed by atoms with Crippen LogP contribution in [0.4, 0.5) is 10.1 Å². The summed E-state index contributed by atoms with van der Waals surface area (Å²) in [6, 6.07) is 11.2. The maximum Gasteiger partial charge on any atom is 0.270 e. The highest BCUT2D eigenvalue weighted by Gasteiger charge is 2.20. The van der Waals surface area contributed by atoms with Crippen molar-refractivity contribution < 1.29 is 23.5 Å². The molecule has 2 aromatic carbocycles. The summed E-state index contributed by atoms with van der Waals surface area (Å²) in [5, 5.41) is 3.10. The minimum atomic E-state index is -0.405. The second-order valence-corrected chi connectivity index (χ2v) is 6.61. The molecule has 3 aromatic rings. The molecule has 0 saturated heterocycles. The van der Waals surface area contributed by atoms with Crippen molar-refractivity contribution in [3.63, 3.8) is 0 Å². The minimum absolute atomic E-state index is 0.137. The summed E-state index contributed by atoms with van der Waals surface area (Å²) in [5.74, 6) is 0.0695. The van der Waals surface area contributed by atoms with Gasteiger partial charge in [0.15, 0.2) is 11.5 Å². The van der Waals surface area contributed by atoms with Gasteiger partial charge < -0.3 is 24.7 Å². The molecule has 0 saturated carbocycles. The van der Waals surface area contributed by atoms with Gasteiger partial charge in [0, 0.05) is 29.2 Å². The minimum Gasteiger partial charge on any atom is -0.486 e. The Kier molecular flexibility index (Phi) is 5.07. The van der Waals surface area contributed by atoms with E-state index in [1.807, 2.05) is 0 Å². The Morgan fingerprint density at radius 1 is 1.14 bits per heavy atom. The Bertz CT molecular complexity index is 1080. The maximum absolute atomic E-state index is 13.9. The van der Waals surface area contributed by atoms with Gasteiger partial charge in [-0.3, -0.25) is 9.59 Å². The van der Waals surface area contributed by atoms with Gasteiger partial charge in [-0.15, -0.1) is 0 Å². The van der Waals surface area contributed by atoms with Crippen molar-refractivity contribution in [2.24, 2.45) is 0 Å². The lowest BCUT2D eigenvalue weighted by Crippen LogP contribution is -2.38. The number of fused-ring (bicyclic) bond motifs is 2. The maximum atomic E-state index is 13.9. The van der Waals surface area contributed by atoms with Crippen LogP contribution in [0.25, 0.3) is 10.9 Å². The molecule has 0 bridgehead atoms. The molecule has 1 aliphatic rings. The number of ether oxygens (including phenoxy) is 2. The van der Waals surface area contributed by atoms with Crippen LogP contribution in [0.5, 0.6) is 11.5 Å². The molecule has 7 nitrogen and oxygen atoms in total. The standard InChI is InChI=1S/C21H20FN3O4/c1-2-25(21(27)17-11-14-15(22)4-3-5-16(14)24-17)12-20(26)23-13-6-7-18-19(10-13)29-9-8-28-18/h3-7,10-11,24H,2,8-9,12H2,1H3,(H,23,26). The molecule has 0 aliphatic carbocycles. The second-order valence-electron chi connectivity index (χ2n) is 6.61. The van der Waals surface area contributed by atoms with Gasteiger partial charge in [-0.2, -0.15) is 0 Å². The number of hydrogen-bond acceptors (Lipinski definition) is 4. The van der Waals surface area contributed by atoms with Crippen LogP contribution in [0, 0.1) is 5.82 Å². The lowest BCUT2D eigenvalue weighted by molar-refractivity contribution is -0.116. The molecule has 2 N–H and O–H groups in total. The van der Waals surface area contributed by atoms with Crippen molar-refractivity contribution in [2.45, 2.75) is 6.92 Å². The normalized spacial score (nSPS) is 12.6. The summed E-state index contributed by atoms with van der Waals surface area (Å²) in [5.41, 5.74) is 1.32. The highest BCUT2D eigenvalue weighted by atomic mass is 19.1. The van der Waals surface area contributed by atoms with Crippen molar-refractivity contribution in [3.8, 4) is 11.5 Å². The van der Waals surface area contributed by atoms with Gasteiger partial charge in [-0.25, -0.2) is 4.39 Å². The van der Waals surface area contributed by atoms with Crippen LogP contribution in [0.1, 0.15) is 17.4 Å². The van der Waals surface area contributed by atoms with E-state index in [9.17, 15) is 14.0 Å². The highest BCUT2D eigenvalue weighted by molar-refractivity contribution is 6.01. The van der Waals surface area contributed by atoms with E-state index < -0.39 is 5.82 Å². The number of H-pyrrole nitrogens is 1. The number of hydrogen-bond donors (Lipinski definition) is 2. The van der Waals surface area contributed by atoms with Crippen molar-refractivity contribution in [1.29, 1.82) is 0 Å². The van der Waals surface area contributed by atoms with E-state index in [-0.39, 0.29) is 24.1 Å². The molecule has 0 fully saturated rings. The molecule has 29 heavy (non-hydrogen) atoms. The largest absolute Gasteiger partial charge is 0.486 e. The summed E-state index contributed by atoms with van der Waals surface area (Å²) >= 11 is 0. The zero-order chi connectivity index (χ0) is 20.4. The fourth-order valence-corrected chi connectivity index (χ4v) is 3.23. The third-order valence-corrected chi connectivity index (χ3v) is 4.67. The molecule has 8 heteroatoms. The van der Waals surface area contributed by atoms with Gasteiger partial charge in [0.05, 0.1) is 0 Å². The molecule has 0 unspecified atom stereocenters. The van der Waals surface area contributed by atoms with Crippen LogP contribution in [-0.4, -0.2) is 48.0 Å². The fourth-order valence-electron chi connectivity index (χ4n) is 3.23. The third kappa shape index (κ3) is 3.87. The molecule has 1 aliphatic heterocycles. The van der Waals surface area contributed by atoms with Gasteiger partial charge in [-0.1, -0.05) is 6.07 Å². The van der Waals surface area contributed by atoms with Gasteiger partial charge in [0.2, 0.25) is 5.91 Å². The van der Waals surface area contributed by atoms with Crippen molar-refractivity contribution in [3.05, 3.63) is 54.0 Å². The first kappa shape index (κ1) is 18.8. The number of rotatable bonds is 5. The Morgan fingerprint density at radius 2 is 1.93 bits per heavy atom. The zero-order valence-electron chi connectivity index (χ0n) is 15.8. The first-order valence-corrected chi connectivity index (χ1v) is 9.31. The number of nitrogens with one attached hydrogen (secondary N) is 2. The first-order chi connectivity index (χ1) is 14.0. The van der Waals surface area contributed by atoms with E-state index in [0.29, 0.717) is 47.8 Å². The molecule has 2 amide bonds. The summed E-state index contributed by atoms with van der Waals surface area (Å²) in [4.78, 5) is 29.6. The molecular weight excluding hydrogens is 377 g/mol. The van der Waals surface area contributed by atoms with Crippen LogP contribution in [0.3, 0.4) is 0 Å². The quantitative estimate of drug-likeness (QED) is 0.693. The average molecular weight is 397 g/mol. The number of carbonyl (C=O) groups excluding carboxylic acids is 2. The van der Waals surface area contributed by atoms with Gasteiger partial charge >= 0.3 is 0 Å². The summed E-state index contributed by atoms with van der Waals surface area (Å²) < 4.78 is 24.9. The Morgan fingerprint density at radius 3 is 2.69 bits per heavy atom. The lowest BCUT2D eigenvalue weighted by Gasteiger charge is -2.21. The molecule has 1 aromatic heterocycles. The van der Waals surface area contributed by atoms with Gasteiger partial charge in [0.25, 0.3) is 5.91 Å². The van der Waals surface area contributed by atoms with E-state index >= 15 is 0 Å². The van der Waals surface area contributed by atoms with Gasteiger partial charge in [0.1, 0.15) is 31.3 Å². The van der Waals surface area contributed by atoms with E-state index in [1.165, 1.54) is 17.0 Å². The number of anilines is 1. The molecule has 2 heterocycles. The van der Waals surface area contributed by atoms with Crippen molar-refractivity contribution in [1.82, 2.24) is 9.88 Å². The van der Waals surface area contributed by atoms with E-state index in [4.69, 9.17) is 9.47 Å². The summed E-state index contributed by atoms with van der Waals surface area (Å²) in [6.07, 6.45) is 0. The predicted molar refractivity (Wildman–Crippen MR) is 106 cm³/mol. The molecule has 4 rings (SSSR count). The number of aromatic nitrogens is 1. The van der Waals surface area contributed by atoms with Gasteiger partial charge in [-0.05, 0) is 37.3 Å². The number of amides is 2. The molecular formula is C21H20FN3O4. The zero-order valence-corrected chi connectivity index (χ0v) is 15.8. The smallest absolute Gasteiger partial charge is 0.270 e. The number of nitrogens with zero attached hydrogens (tertiary/aromatic N) is 1. The number of benzene rings is 2. The number of carbonyl (C=O) groups is 2. The fraction of sp³-hybridized carbons (Fsp3) is 0.238. The van der Waals surface area contributed by atoms with Crippen molar-refractivity contribution >= 4 is 28.4 Å². The van der Waals surface area contributed by atoms with Crippen LogP contribution < -0.4 is 14.8 Å². The van der Waals surface area contributed by atoms with Crippen LogP contribution >= 0.6 is 0 Å². The van der Waals surface area contributed by atoms with E-state index in [2.05, 4.69) is 10.3 Å². The second kappa shape index (κ2) is 7.83. The van der Waals surface area contributed by atoms with Crippen LogP contribution in [0.15, 0.2) is 42.5 Å². The first-order valence-electron chi connectivity index (χ1n) is 9.31. The van der Waals surface area contributed by atoms with Crippen LogP contribution in [-0.2, 0) is 4.79 Å². The molecule has 0 radical (unpaired) electrons. The summed E-state index contributed by atoms with van der Waals surface area (Å²) in [7, 11) is 0. The number of aromatic amines is 1. The highest BCUT2D eigenvalue weighted by Crippen LogP contribution is 2.32. The topological polar surface area (TPSA) is 83.7 Å². The Labute approximate surface area is 166 Å². The van der Waals surface area contributed by atoms with E-state index in [1.54, 1.807) is 37.3 Å². The Hall–Kier alpha value is -3.55. The molecule has 0 atom stereocenters. The Balaban J connectivity index is 1.45. The SMILES string of the molecule is CCN(CC(=O)Nc1ccc2c(c1)OCCO2)C(=O)c1cc2c(F)cccc2[nH]1. The van der Waals surface area contributed by atoms with Crippen molar-refractivity contribution in [2.75, 3.05) is 31.6 Å². The van der Waals surface area contributed by atoms with E-state index in [0.717, 1.165) is 0 Å². The number of likely N-dealkylation sites (N-methyl/N-ethyl adjacent to an activating group) is 1. The average Bonchev–Trinajstić information content (AvgIpc) is 3.17. The number of halogens is 1. The monoisotopic (exact) mass is 397 g/mol. The lowest BCUT2D eigenvalue weighted by atomic mass is 10.2. The molecule has 150 valence electrons.